The van der Waals surface area contributed by atoms with Crippen molar-refractivity contribution in [3.8, 4) is 11.4 Å². The first-order chi connectivity index (χ1) is 14.6. The molecule has 0 fully saturated rings. The molecule has 0 aliphatic carbocycles. The van der Waals surface area contributed by atoms with Crippen molar-refractivity contribution in [2.24, 2.45) is 0 Å². The molecule has 154 valence electrons. The number of rotatable bonds is 5. The lowest BCUT2D eigenvalue weighted by atomic mass is 10.1. The number of hydrogen-bond acceptors (Lipinski definition) is 5. The molecule has 0 amide bonds. The molecule has 3 aromatic rings. The van der Waals surface area contributed by atoms with Gasteiger partial charge in [-0.25, -0.2) is 9.78 Å². The first kappa shape index (κ1) is 19.8. The predicted octanol–water partition coefficient (Wildman–Crippen LogP) is 5.10. The van der Waals surface area contributed by atoms with Gasteiger partial charge >= 0.3 is 5.97 Å². The third-order valence-corrected chi connectivity index (χ3v) is 5.45. The van der Waals surface area contributed by atoms with E-state index < -0.39 is 17.0 Å². The molecule has 2 heterocycles. The van der Waals surface area contributed by atoms with E-state index in [0.29, 0.717) is 11.3 Å². The van der Waals surface area contributed by atoms with E-state index in [1.807, 2.05) is 30.3 Å². The van der Waals surface area contributed by atoms with E-state index in [-0.39, 0.29) is 5.69 Å². The molecule has 30 heavy (non-hydrogen) atoms. The lowest BCUT2D eigenvalue weighted by Crippen LogP contribution is -2.13. The van der Waals surface area contributed by atoms with Gasteiger partial charge in [0.15, 0.2) is 5.69 Å². The molecule has 7 nitrogen and oxygen atoms in total. The fourth-order valence-corrected chi connectivity index (χ4v) is 3.97. The molecule has 0 saturated carbocycles. The van der Waals surface area contributed by atoms with E-state index in [2.05, 4.69) is 9.55 Å². The van der Waals surface area contributed by atoms with Crippen molar-refractivity contribution in [2.75, 3.05) is 0 Å². The number of carbonyl (C=O) groups excluding carboxylic acids is 1. The summed E-state index contributed by atoms with van der Waals surface area (Å²) in [4.78, 5) is 28.6. The summed E-state index contributed by atoms with van der Waals surface area (Å²) in [6.45, 7) is 2.45. The van der Waals surface area contributed by atoms with E-state index in [1.165, 1.54) is 6.07 Å². The third-order valence-electron chi connectivity index (χ3n) is 5.45. The predicted molar refractivity (Wildman–Crippen MR) is 112 cm³/mol. The second kappa shape index (κ2) is 8.49. The van der Waals surface area contributed by atoms with Gasteiger partial charge in [0, 0.05) is 18.2 Å². The van der Waals surface area contributed by atoms with Gasteiger partial charge in [0.1, 0.15) is 11.9 Å². The Morgan fingerprint density at radius 3 is 2.60 bits per heavy atom. The number of esters is 1. The van der Waals surface area contributed by atoms with Crippen LogP contribution in [-0.2, 0) is 17.7 Å². The van der Waals surface area contributed by atoms with Crippen LogP contribution < -0.4 is 0 Å². The van der Waals surface area contributed by atoms with Crippen LogP contribution in [0.5, 0.6) is 0 Å². The third kappa shape index (κ3) is 3.83. The largest absolute Gasteiger partial charge is 0.453 e. The molecule has 4 rings (SSSR count). The zero-order valence-electron chi connectivity index (χ0n) is 16.8. The van der Waals surface area contributed by atoms with Gasteiger partial charge < -0.3 is 9.30 Å². The molecule has 0 saturated heterocycles. The van der Waals surface area contributed by atoms with E-state index >= 15 is 0 Å². The minimum Gasteiger partial charge on any atom is -0.453 e. The number of carbonyl (C=O) groups is 1. The highest BCUT2D eigenvalue weighted by Crippen LogP contribution is 2.31. The average molecular weight is 405 g/mol. The van der Waals surface area contributed by atoms with Crippen molar-refractivity contribution < 1.29 is 14.5 Å². The van der Waals surface area contributed by atoms with Crippen LogP contribution in [0.15, 0.2) is 54.6 Å². The average Bonchev–Trinajstić information content (AvgIpc) is 2.95. The zero-order valence-corrected chi connectivity index (χ0v) is 16.8. The Hall–Kier alpha value is -3.48. The first-order valence-corrected chi connectivity index (χ1v) is 10.2. The van der Waals surface area contributed by atoms with Gasteiger partial charge in [-0.2, -0.15) is 0 Å². The van der Waals surface area contributed by atoms with Crippen LogP contribution in [0.25, 0.3) is 11.4 Å². The Morgan fingerprint density at radius 2 is 1.83 bits per heavy atom. The molecule has 1 aromatic heterocycles. The van der Waals surface area contributed by atoms with Gasteiger partial charge in [0.25, 0.3) is 5.69 Å². The number of nitro groups is 1. The second-order valence-electron chi connectivity index (χ2n) is 7.42. The molecule has 1 aliphatic rings. The summed E-state index contributed by atoms with van der Waals surface area (Å²) in [5, 5.41) is 11.3. The standard InChI is InChI=1S/C23H23N3O4/c1-16(18-12-7-8-13-19(18)26(28)29)30-23(27)21-20-14-6-3-9-15-25(20)22(24-21)17-10-4-2-5-11-17/h2,4-5,7-8,10-13,16H,3,6,9,14-15H2,1H3. The molecule has 0 radical (unpaired) electrons. The van der Waals surface area contributed by atoms with E-state index in [9.17, 15) is 14.9 Å². The summed E-state index contributed by atoms with van der Waals surface area (Å²) < 4.78 is 7.77. The first-order valence-electron chi connectivity index (χ1n) is 10.2. The van der Waals surface area contributed by atoms with Crippen LogP contribution >= 0.6 is 0 Å². The Labute approximate surface area is 174 Å². The second-order valence-corrected chi connectivity index (χ2v) is 7.42. The van der Waals surface area contributed by atoms with Crippen LogP contribution in [0.4, 0.5) is 5.69 Å². The monoisotopic (exact) mass is 405 g/mol. The van der Waals surface area contributed by atoms with Crippen molar-refractivity contribution in [1.82, 2.24) is 9.55 Å². The van der Waals surface area contributed by atoms with Gasteiger partial charge in [0.05, 0.1) is 16.2 Å². The molecular formula is C23H23N3O4. The quantitative estimate of drug-likeness (QED) is 0.335. The Kier molecular flexibility index (Phi) is 5.61. The van der Waals surface area contributed by atoms with Gasteiger partial charge in [-0.1, -0.05) is 48.9 Å². The zero-order chi connectivity index (χ0) is 21.1. The topological polar surface area (TPSA) is 87.3 Å². The van der Waals surface area contributed by atoms with Crippen LogP contribution in [0, 0.1) is 10.1 Å². The number of ether oxygens (including phenoxy) is 1. The molecule has 1 unspecified atom stereocenters. The van der Waals surface area contributed by atoms with Crippen LogP contribution in [0.1, 0.15) is 54.0 Å². The number of benzene rings is 2. The summed E-state index contributed by atoms with van der Waals surface area (Å²) in [6.07, 6.45) is 3.10. The number of aromatic nitrogens is 2. The Balaban J connectivity index is 1.68. The molecule has 0 bridgehead atoms. The number of nitro benzene ring substituents is 1. The van der Waals surface area contributed by atoms with E-state index in [4.69, 9.17) is 4.74 Å². The normalized spacial score (nSPS) is 14.4. The number of para-hydroxylation sites is 1. The van der Waals surface area contributed by atoms with Crippen LogP contribution in [0.2, 0.25) is 0 Å². The van der Waals surface area contributed by atoms with Crippen LogP contribution in [-0.4, -0.2) is 20.4 Å². The fraction of sp³-hybridized carbons (Fsp3) is 0.304. The maximum Gasteiger partial charge on any atom is 0.359 e. The minimum absolute atomic E-state index is 0.0635. The smallest absolute Gasteiger partial charge is 0.359 e. The highest BCUT2D eigenvalue weighted by atomic mass is 16.6. The van der Waals surface area contributed by atoms with E-state index in [1.54, 1.807) is 25.1 Å². The molecule has 1 aliphatic heterocycles. The van der Waals surface area contributed by atoms with Gasteiger partial charge in [-0.3, -0.25) is 10.1 Å². The number of imidazole rings is 1. The molecule has 2 aromatic carbocycles. The number of fused-ring (bicyclic) bond motifs is 1. The number of hydrogen-bond donors (Lipinski definition) is 0. The van der Waals surface area contributed by atoms with Crippen molar-refractivity contribution in [1.29, 1.82) is 0 Å². The summed E-state index contributed by atoms with van der Waals surface area (Å²) >= 11 is 0. The highest BCUT2D eigenvalue weighted by Gasteiger charge is 2.28. The molecule has 0 spiro atoms. The summed E-state index contributed by atoms with van der Waals surface area (Å²) in [5.74, 6) is 0.214. The molecular weight excluding hydrogens is 382 g/mol. The summed E-state index contributed by atoms with van der Waals surface area (Å²) in [6, 6.07) is 16.1. The Morgan fingerprint density at radius 1 is 1.10 bits per heavy atom. The molecule has 1 atom stereocenters. The maximum atomic E-state index is 13.1. The van der Waals surface area contributed by atoms with Crippen LogP contribution in [0.3, 0.4) is 0 Å². The van der Waals surface area contributed by atoms with Crippen molar-refractivity contribution in [3.05, 3.63) is 81.7 Å². The summed E-state index contributed by atoms with van der Waals surface area (Å²) in [7, 11) is 0. The SMILES string of the molecule is CC(OC(=O)c1nc(-c2ccccc2)n2c1CCCCC2)c1ccccc1[N+](=O)[O-]. The van der Waals surface area contributed by atoms with Crippen molar-refractivity contribution in [3.63, 3.8) is 0 Å². The van der Waals surface area contributed by atoms with Crippen molar-refractivity contribution in [2.45, 2.75) is 45.3 Å². The molecule has 7 heteroatoms. The maximum absolute atomic E-state index is 13.1. The fourth-order valence-electron chi connectivity index (χ4n) is 3.97. The van der Waals surface area contributed by atoms with E-state index in [0.717, 1.165) is 49.3 Å². The van der Waals surface area contributed by atoms with Crippen molar-refractivity contribution >= 4 is 11.7 Å². The van der Waals surface area contributed by atoms with Gasteiger partial charge in [0.2, 0.25) is 0 Å². The lowest BCUT2D eigenvalue weighted by molar-refractivity contribution is -0.386. The summed E-state index contributed by atoms with van der Waals surface area (Å²) in [5.41, 5.74) is 2.44. The van der Waals surface area contributed by atoms with Gasteiger partial charge in [-0.15, -0.1) is 0 Å². The Bertz CT molecular complexity index is 1080. The lowest BCUT2D eigenvalue weighted by Gasteiger charge is -2.13. The highest BCUT2D eigenvalue weighted by molar-refractivity contribution is 5.90. The minimum atomic E-state index is -0.762. The molecule has 0 N–H and O–H groups in total. The number of nitrogens with zero attached hydrogens (tertiary/aromatic N) is 3. The van der Waals surface area contributed by atoms with Gasteiger partial charge in [-0.05, 0) is 32.3 Å².